The molecule has 1 aromatic carbocycles. The Labute approximate surface area is 169 Å². The van der Waals surface area contributed by atoms with Gasteiger partial charge in [0.05, 0.1) is 0 Å². The monoisotopic (exact) mass is 382 g/mol. The Morgan fingerprint density at radius 3 is 2.32 bits per heavy atom. The van der Waals surface area contributed by atoms with Crippen molar-refractivity contribution in [3.05, 3.63) is 33.9 Å². The lowest BCUT2D eigenvalue weighted by molar-refractivity contribution is -0.122. The van der Waals surface area contributed by atoms with Crippen LogP contribution in [0.5, 0.6) is 0 Å². The fourth-order valence-corrected chi connectivity index (χ4v) is 5.57. The molecule has 0 radical (unpaired) electrons. The summed E-state index contributed by atoms with van der Waals surface area (Å²) in [4.78, 5) is 27.3. The zero-order valence-corrected chi connectivity index (χ0v) is 17.5. The van der Waals surface area contributed by atoms with Gasteiger partial charge in [0, 0.05) is 32.1 Å². The summed E-state index contributed by atoms with van der Waals surface area (Å²) in [6.45, 7) is 3.37. The molecule has 3 aliphatic carbocycles. The Morgan fingerprint density at radius 1 is 1.04 bits per heavy atom. The first-order valence-electron chi connectivity index (χ1n) is 11.2. The second-order valence-corrected chi connectivity index (χ2v) is 9.18. The van der Waals surface area contributed by atoms with Crippen molar-refractivity contribution in [3.8, 4) is 0 Å². The summed E-state index contributed by atoms with van der Waals surface area (Å²) in [5.41, 5.74) is 6.40. The number of aryl methyl sites for hydroxylation is 2. The summed E-state index contributed by atoms with van der Waals surface area (Å²) in [7, 11) is 1.88. The Morgan fingerprint density at radius 2 is 1.71 bits per heavy atom. The zero-order valence-electron chi connectivity index (χ0n) is 17.5. The number of nitrogens with zero attached hydrogens (tertiary/aromatic N) is 1. The molecule has 2 unspecified atom stereocenters. The van der Waals surface area contributed by atoms with E-state index in [1.165, 1.54) is 41.5 Å². The van der Waals surface area contributed by atoms with Gasteiger partial charge in [-0.2, -0.15) is 0 Å². The van der Waals surface area contributed by atoms with Gasteiger partial charge in [0.25, 0.3) is 5.91 Å². The van der Waals surface area contributed by atoms with Crippen molar-refractivity contribution in [2.75, 3.05) is 20.1 Å². The van der Waals surface area contributed by atoms with E-state index in [1.54, 1.807) is 0 Å². The number of hydrogen-bond donors (Lipinski definition) is 1. The number of nitrogens with one attached hydrogen (secondary N) is 1. The molecular formula is C24H34N2O2. The minimum Gasteiger partial charge on any atom is -0.354 e. The van der Waals surface area contributed by atoms with E-state index in [0.29, 0.717) is 31.3 Å². The number of hydrogen-bond acceptors (Lipinski definition) is 2. The Kier molecular flexibility index (Phi) is 5.75. The van der Waals surface area contributed by atoms with Gasteiger partial charge in [-0.1, -0.05) is 25.8 Å². The number of likely N-dealkylation sites (N-methyl/N-ethyl adjacent to an activating group) is 1. The third-order valence-electron chi connectivity index (χ3n) is 7.29. The molecule has 4 rings (SSSR count). The minimum atomic E-state index is 0.140. The Balaban J connectivity index is 1.35. The van der Waals surface area contributed by atoms with Gasteiger partial charge in [-0.15, -0.1) is 0 Å². The van der Waals surface area contributed by atoms with Gasteiger partial charge in [-0.05, 0) is 79.0 Å². The van der Waals surface area contributed by atoms with Crippen LogP contribution in [0.25, 0.3) is 0 Å². The molecule has 0 spiro atoms. The van der Waals surface area contributed by atoms with Crippen molar-refractivity contribution in [2.45, 2.75) is 71.1 Å². The summed E-state index contributed by atoms with van der Waals surface area (Å²) in [5.74, 6) is 1.49. The summed E-state index contributed by atoms with van der Waals surface area (Å²) < 4.78 is 0. The maximum atomic E-state index is 13.3. The van der Waals surface area contributed by atoms with Crippen LogP contribution in [-0.2, 0) is 30.5 Å². The highest BCUT2D eigenvalue weighted by Crippen LogP contribution is 2.36. The molecule has 1 aromatic rings. The van der Waals surface area contributed by atoms with Crippen molar-refractivity contribution in [2.24, 2.45) is 11.8 Å². The standard InChI is InChI=1S/C24H34N2O2/c1-16-6-3-7-17(16)15-22(27)25-12-13-26(2)24(28)23-20-10-4-8-18(20)14-19-9-5-11-21(19)23/h14,16-17H,3-13,15H2,1-2H3,(H,25,27). The number of amides is 2. The first-order valence-corrected chi connectivity index (χ1v) is 11.2. The van der Waals surface area contributed by atoms with Crippen molar-refractivity contribution >= 4 is 11.8 Å². The molecule has 152 valence electrons. The Bertz CT molecular complexity index is 738. The maximum absolute atomic E-state index is 13.3. The van der Waals surface area contributed by atoms with Crippen LogP contribution in [0.1, 0.15) is 78.1 Å². The highest BCUT2D eigenvalue weighted by atomic mass is 16.2. The van der Waals surface area contributed by atoms with E-state index in [-0.39, 0.29) is 11.8 Å². The predicted molar refractivity (Wildman–Crippen MR) is 112 cm³/mol. The predicted octanol–water partition coefficient (Wildman–Crippen LogP) is 3.68. The Hall–Kier alpha value is -1.84. The molecule has 1 N–H and O–H groups in total. The molecule has 3 aliphatic rings. The maximum Gasteiger partial charge on any atom is 0.254 e. The second-order valence-electron chi connectivity index (χ2n) is 9.18. The van der Waals surface area contributed by atoms with E-state index in [9.17, 15) is 9.59 Å². The lowest BCUT2D eigenvalue weighted by Gasteiger charge is -2.22. The molecule has 0 aliphatic heterocycles. The van der Waals surface area contributed by atoms with Gasteiger partial charge in [0.2, 0.25) is 5.91 Å². The molecule has 2 atom stereocenters. The average molecular weight is 383 g/mol. The van der Waals surface area contributed by atoms with Gasteiger partial charge < -0.3 is 10.2 Å². The smallest absolute Gasteiger partial charge is 0.254 e. The van der Waals surface area contributed by atoms with E-state index < -0.39 is 0 Å². The molecule has 4 nitrogen and oxygen atoms in total. The van der Waals surface area contributed by atoms with Crippen LogP contribution < -0.4 is 5.32 Å². The number of benzene rings is 1. The average Bonchev–Trinajstić information content (AvgIpc) is 3.40. The SMILES string of the molecule is CC1CCCC1CC(=O)NCCN(C)C(=O)c1c2c(cc3c1CCC3)CCC2. The van der Waals surface area contributed by atoms with Gasteiger partial charge in [0.1, 0.15) is 0 Å². The first-order chi connectivity index (χ1) is 13.5. The summed E-state index contributed by atoms with van der Waals surface area (Å²) in [6, 6.07) is 2.37. The summed E-state index contributed by atoms with van der Waals surface area (Å²) in [6.07, 6.45) is 10.9. The van der Waals surface area contributed by atoms with E-state index in [4.69, 9.17) is 0 Å². The van der Waals surface area contributed by atoms with Crippen molar-refractivity contribution in [3.63, 3.8) is 0 Å². The van der Waals surface area contributed by atoms with Crippen LogP contribution in [0.15, 0.2) is 6.07 Å². The topological polar surface area (TPSA) is 49.4 Å². The number of fused-ring (bicyclic) bond motifs is 2. The molecular weight excluding hydrogens is 348 g/mol. The molecule has 1 fully saturated rings. The normalized spacial score (nSPS) is 22.8. The molecule has 1 saturated carbocycles. The molecule has 0 aromatic heterocycles. The van der Waals surface area contributed by atoms with Crippen LogP contribution in [0.2, 0.25) is 0 Å². The van der Waals surface area contributed by atoms with E-state index in [0.717, 1.165) is 44.1 Å². The van der Waals surface area contributed by atoms with Gasteiger partial charge in [0.15, 0.2) is 0 Å². The van der Waals surface area contributed by atoms with Crippen LogP contribution in [0.3, 0.4) is 0 Å². The largest absolute Gasteiger partial charge is 0.354 e. The number of carbonyl (C=O) groups excluding carboxylic acids is 2. The van der Waals surface area contributed by atoms with Crippen molar-refractivity contribution < 1.29 is 9.59 Å². The van der Waals surface area contributed by atoms with Crippen molar-refractivity contribution in [1.29, 1.82) is 0 Å². The molecule has 0 saturated heterocycles. The van der Waals surface area contributed by atoms with Crippen LogP contribution in [-0.4, -0.2) is 36.9 Å². The first kappa shape index (κ1) is 19.5. The molecule has 28 heavy (non-hydrogen) atoms. The van der Waals surface area contributed by atoms with Gasteiger partial charge in [-0.25, -0.2) is 0 Å². The van der Waals surface area contributed by atoms with Crippen LogP contribution >= 0.6 is 0 Å². The molecule has 0 heterocycles. The third-order valence-corrected chi connectivity index (χ3v) is 7.29. The summed E-state index contributed by atoms with van der Waals surface area (Å²) in [5, 5.41) is 3.04. The quantitative estimate of drug-likeness (QED) is 0.816. The van der Waals surface area contributed by atoms with Crippen LogP contribution in [0, 0.1) is 11.8 Å². The van der Waals surface area contributed by atoms with Crippen molar-refractivity contribution in [1.82, 2.24) is 10.2 Å². The van der Waals surface area contributed by atoms with Crippen LogP contribution in [0.4, 0.5) is 0 Å². The number of rotatable bonds is 6. The van der Waals surface area contributed by atoms with E-state index in [2.05, 4.69) is 18.3 Å². The van der Waals surface area contributed by atoms with E-state index >= 15 is 0 Å². The molecule has 0 bridgehead atoms. The number of carbonyl (C=O) groups is 2. The fraction of sp³-hybridized carbons (Fsp3) is 0.667. The lowest BCUT2D eigenvalue weighted by atomic mass is 9.93. The van der Waals surface area contributed by atoms with Gasteiger partial charge >= 0.3 is 0 Å². The third kappa shape index (κ3) is 3.83. The fourth-order valence-electron chi connectivity index (χ4n) is 5.57. The van der Waals surface area contributed by atoms with Gasteiger partial charge in [-0.3, -0.25) is 9.59 Å². The lowest BCUT2D eigenvalue weighted by Crippen LogP contribution is -2.37. The van der Waals surface area contributed by atoms with E-state index in [1.807, 2.05) is 11.9 Å². The molecule has 2 amide bonds. The minimum absolute atomic E-state index is 0.140. The highest BCUT2D eigenvalue weighted by Gasteiger charge is 2.29. The molecule has 4 heteroatoms. The highest BCUT2D eigenvalue weighted by molar-refractivity contribution is 5.98. The summed E-state index contributed by atoms with van der Waals surface area (Å²) >= 11 is 0. The second kappa shape index (κ2) is 8.26. The zero-order chi connectivity index (χ0) is 19.7.